The number of nitrogens with one attached hydrogen (secondary N) is 1. The maximum atomic E-state index is 13.5. The molecule has 2 N–H and O–H groups in total. The lowest BCUT2D eigenvalue weighted by molar-refractivity contribution is -0.870. The zero-order valence-corrected chi connectivity index (χ0v) is 50.5. The minimum Gasteiger partial charge on any atom is -0.456 e. The monoisotopic (exact) mass is 1060 g/mol. The van der Waals surface area contributed by atoms with E-state index in [2.05, 4.69) is 62.5 Å². The first-order valence-corrected chi connectivity index (χ1v) is 33.0. The summed E-state index contributed by atoms with van der Waals surface area (Å²) in [4.78, 5) is 37.6. The van der Waals surface area contributed by atoms with Crippen molar-refractivity contribution >= 4 is 19.7 Å². The molecule has 0 aliphatic carbocycles. The van der Waals surface area contributed by atoms with Gasteiger partial charge in [0.05, 0.1) is 33.8 Å². The van der Waals surface area contributed by atoms with Gasteiger partial charge in [-0.3, -0.25) is 18.6 Å². The first-order valence-electron chi connectivity index (χ1n) is 31.5. The van der Waals surface area contributed by atoms with Crippen molar-refractivity contribution in [2.75, 3.05) is 40.9 Å². The fraction of sp³-hybridized carbons (Fsp3) is 0.844. The number of esters is 1. The van der Waals surface area contributed by atoms with Crippen LogP contribution in [0.4, 0.5) is 0 Å². The third-order valence-electron chi connectivity index (χ3n) is 14.0. The van der Waals surface area contributed by atoms with Crippen LogP contribution in [-0.2, 0) is 27.9 Å². The Labute approximate surface area is 458 Å². The van der Waals surface area contributed by atoms with E-state index < -0.39 is 20.0 Å². The number of phosphoric ester groups is 1. The van der Waals surface area contributed by atoms with Crippen LogP contribution < -0.4 is 5.32 Å². The molecular formula is C64H122N2O7P+. The third kappa shape index (κ3) is 54.7. The van der Waals surface area contributed by atoms with Gasteiger partial charge in [-0.25, -0.2) is 4.57 Å². The van der Waals surface area contributed by atoms with E-state index in [0.717, 1.165) is 77.0 Å². The highest BCUT2D eigenvalue weighted by Gasteiger charge is 2.30. The summed E-state index contributed by atoms with van der Waals surface area (Å²) in [5.41, 5.74) is 0. The topological polar surface area (TPSA) is 111 Å². The number of carbonyl (C=O) groups is 2. The molecule has 0 aromatic heterocycles. The Bertz CT molecular complexity index is 1410. The molecule has 0 fully saturated rings. The number of hydrogen-bond acceptors (Lipinski definition) is 6. The van der Waals surface area contributed by atoms with Crippen LogP contribution in [0.1, 0.15) is 297 Å². The number of hydrogen-bond donors (Lipinski definition) is 2. The van der Waals surface area contributed by atoms with Crippen molar-refractivity contribution in [3.63, 3.8) is 0 Å². The second-order valence-electron chi connectivity index (χ2n) is 22.6. The van der Waals surface area contributed by atoms with E-state index in [1.54, 1.807) is 0 Å². The number of phosphoric acid groups is 1. The lowest BCUT2D eigenvalue weighted by Crippen LogP contribution is -2.47. The Balaban J connectivity index is 5.13. The van der Waals surface area contributed by atoms with Crippen LogP contribution in [-0.4, -0.2) is 74.3 Å². The normalized spacial score (nSPS) is 14.0. The number of unbranched alkanes of at least 4 members (excludes halogenated alkanes) is 35. The smallest absolute Gasteiger partial charge is 0.456 e. The minimum absolute atomic E-state index is 0.0381. The Hall–Kier alpha value is -2.03. The van der Waals surface area contributed by atoms with Crippen LogP contribution in [0.25, 0.3) is 0 Å². The fourth-order valence-corrected chi connectivity index (χ4v) is 9.82. The molecule has 10 heteroatoms. The Morgan fingerprint density at radius 2 is 0.824 bits per heavy atom. The largest absolute Gasteiger partial charge is 0.472 e. The summed E-state index contributed by atoms with van der Waals surface area (Å²) in [5.74, 6) is -0.517. The molecule has 0 aliphatic rings. The summed E-state index contributed by atoms with van der Waals surface area (Å²) in [6.07, 6.45) is 66.8. The van der Waals surface area contributed by atoms with Crippen LogP contribution in [0.5, 0.6) is 0 Å². The van der Waals surface area contributed by atoms with Crippen LogP contribution in [0, 0.1) is 0 Å². The molecule has 3 unspecified atom stereocenters. The molecule has 74 heavy (non-hydrogen) atoms. The summed E-state index contributed by atoms with van der Waals surface area (Å²) in [7, 11) is 1.49. The Kier molecular flexibility index (Phi) is 52.8. The van der Waals surface area contributed by atoms with Gasteiger partial charge in [-0.05, 0) is 89.5 Å². The van der Waals surface area contributed by atoms with E-state index in [1.165, 1.54) is 186 Å². The maximum Gasteiger partial charge on any atom is 0.472 e. The summed E-state index contributed by atoms with van der Waals surface area (Å²) >= 11 is 0. The second-order valence-corrected chi connectivity index (χ2v) is 24.0. The highest BCUT2D eigenvalue weighted by molar-refractivity contribution is 7.47. The molecule has 0 rings (SSSR count). The van der Waals surface area contributed by atoms with Crippen LogP contribution in [0.15, 0.2) is 48.6 Å². The number of likely N-dealkylation sites (N-methyl/N-ethyl adjacent to an activating group) is 1. The minimum atomic E-state index is -4.45. The first kappa shape index (κ1) is 72.0. The number of allylic oxidation sites excluding steroid dienone is 7. The molecule has 0 aromatic carbocycles. The molecule has 1 amide bonds. The Morgan fingerprint density at radius 1 is 0.473 bits per heavy atom. The highest BCUT2D eigenvalue weighted by atomic mass is 31.2. The van der Waals surface area contributed by atoms with Gasteiger partial charge in [0.25, 0.3) is 0 Å². The van der Waals surface area contributed by atoms with Gasteiger partial charge >= 0.3 is 13.8 Å². The lowest BCUT2D eigenvalue weighted by atomic mass is 10.0. The van der Waals surface area contributed by atoms with E-state index in [4.69, 9.17) is 13.8 Å². The summed E-state index contributed by atoms with van der Waals surface area (Å²) in [5, 5.41) is 3.04. The van der Waals surface area contributed by atoms with Crippen LogP contribution in [0.3, 0.4) is 0 Å². The number of nitrogens with zero attached hydrogens (tertiary/aromatic N) is 1. The van der Waals surface area contributed by atoms with Gasteiger partial charge in [0.2, 0.25) is 5.91 Å². The highest BCUT2D eigenvalue weighted by Crippen LogP contribution is 2.43. The van der Waals surface area contributed by atoms with E-state index in [-0.39, 0.29) is 31.5 Å². The zero-order chi connectivity index (χ0) is 54.3. The zero-order valence-electron chi connectivity index (χ0n) is 49.6. The van der Waals surface area contributed by atoms with Gasteiger partial charge in [-0.15, -0.1) is 0 Å². The van der Waals surface area contributed by atoms with Gasteiger partial charge in [0.1, 0.15) is 19.3 Å². The summed E-state index contributed by atoms with van der Waals surface area (Å²) in [6.45, 7) is 6.99. The van der Waals surface area contributed by atoms with Crippen molar-refractivity contribution in [2.45, 2.75) is 309 Å². The average Bonchev–Trinajstić information content (AvgIpc) is 3.36. The van der Waals surface area contributed by atoms with Crippen molar-refractivity contribution in [3.05, 3.63) is 48.6 Å². The molecule has 0 saturated heterocycles. The van der Waals surface area contributed by atoms with Gasteiger partial charge in [0, 0.05) is 12.8 Å². The van der Waals surface area contributed by atoms with E-state index >= 15 is 0 Å². The quantitative estimate of drug-likeness (QED) is 0.0205. The van der Waals surface area contributed by atoms with Gasteiger partial charge in [0.15, 0.2) is 0 Å². The molecule has 434 valence electrons. The predicted octanol–water partition coefficient (Wildman–Crippen LogP) is 19.3. The molecule has 0 heterocycles. The summed E-state index contributed by atoms with van der Waals surface area (Å²) < 4.78 is 30.7. The van der Waals surface area contributed by atoms with Crippen LogP contribution in [0.2, 0.25) is 0 Å². The van der Waals surface area contributed by atoms with Crippen molar-refractivity contribution in [2.24, 2.45) is 0 Å². The molecule has 0 spiro atoms. The molecular weight excluding hydrogens is 940 g/mol. The third-order valence-corrected chi connectivity index (χ3v) is 15.0. The van der Waals surface area contributed by atoms with E-state index in [0.29, 0.717) is 17.4 Å². The first-order chi connectivity index (χ1) is 35.9. The Morgan fingerprint density at radius 3 is 1.27 bits per heavy atom. The van der Waals surface area contributed by atoms with Gasteiger partial charge in [-0.2, -0.15) is 0 Å². The maximum absolute atomic E-state index is 13.5. The molecule has 3 atom stereocenters. The number of carbonyl (C=O) groups excluding carboxylic acids is 2. The number of amides is 1. The number of rotatable bonds is 57. The van der Waals surface area contributed by atoms with Crippen molar-refractivity contribution in [1.29, 1.82) is 0 Å². The van der Waals surface area contributed by atoms with Crippen molar-refractivity contribution < 1.29 is 37.3 Å². The lowest BCUT2D eigenvalue weighted by Gasteiger charge is -2.27. The molecule has 0 bridgehead atoms. The second kappa shape index (κ2) is 54.3. The molecule has 0 radical (unpaired) electrons. The average molecular weight is 1060 g/mol. The molecule has 0 aliphatic heterocycles. The molecule has 0 aromatic rings. The van der Waals surface area contributed by atoms with Gasteiger partial charge in [-0.1, -0.05) is 243 Å². The number of quaternary nitrogens is 1. The summed E-state index contributed by atoms with van der Waals surface area (Å²) in [6, 6.07) is -0.854. The SMILES string of the molecule is CCCCC/C=C\C/C=C\CCCCCCCCCCCCCCCC(=O)OC(/C=C\CCCCCCCCCCC)C(COP(=O)(O)OCC[N+](C)(C)C)NC(=O)CCCCC/C=C\CCCCCCCCC. The fourth-order valence-electron chi connectivity index (χ4n) is 9.08. The number of ether oxygens (including phenoxy) is 1. The predicted molar refractivity (Wildman–Crippen MR) is 319 cm³/mol. The van der Waals surface area contributed by atoms with E-state index in [1.807, 2.05) is 33.3 Å². The molecule has 9 nitrogen and oxygen atoms in total. The van der Waals surface area contributed by atoms with Crippen molar-refractivity contribution in [3.8, 4) is 0 Å². The van der Waals surface area contributed by atoms with Gasteiger partial charge < -0.3 is 19.4 Å². The van der Waals surface area contributed by atoms with Crippen molar-refractivity contribution in [1.82, 2.24) is 5.32 Å². The van der Waals surface area contributed by atoms with E-state index in [9.17, 15) is 19.0 Å². The van der Waals surface area contributed by atoms with Crippen LogP contribution >= 0.6 is 7.82 Å². The molecule has 0 saturated carbocycles. The standard InChI is InChI=1S/C64H121N2O7P/c1-7-10-13-16-19-22-25-27-29-30-31-32-33-34-35-36-37-39-42-45-48-51-54-57-64(68)73-62(55-52-49-46-43-40-24-21-18-15-12-9-3)61(60-72-74(69,70)71-59-58-66(4,5)6)65-63(67)56-53-50-47-44-41-38-28-26-23-20-17-14-11-8-2/h19,22,27,29,38,41,52,55,61-62H,7-18,20-21,23-26,28,30-37,39-40,42-51,53-54,56-60H2,1-6H3,(H-,65,67,69,70)/p+1/b22-19-,29-27-,41-38-,55-52-.